The van der Waals surface area contributed by atoms with Gasteiger partial charge in [0.25, 0.3) is 0 Å². The minimum absolute atomic E-state index is 0.00503. The van der Waals surface area contributed by atoms with Crippen LogP contribution in [0.2, 0.25) is 0 Å². The van der Waals surface area contributed by atoms with Gasteiger partial charge in [-0.2, -0.15) is 0 Å². The highest BCUT2D eigenvalue weighted by Gasteiger charge is 2.46. The van der Waals surface area contributed by atoms with Crippen LogP contribution < -0.4 is 10.1 Å². The minimum Gasteiger partial charge on any atom is -0.484 e. The van der Waals surface area contributed by atoms with Crippen LogP contribution in [0.1, 0.15) is 48.5 Å². The molecule has 1 aromatic carbocycles. The standard InChI is InChI=1S/C20H23N3O2S/c1-4-25-20-11(2)9-17(26-20)12(3)21-19(24)14-10-13(14)18-22-15-7-5-6-8-16(15)23-18/h5-9,12-14H,4,10H2,1-3H3,(H,21,24)(H,22,23)/t12-,13?,14?/m1/s1. The third kappa shape index (κ3) is 3.21. The van der Waals surface area contributed by atoms with Gasteiger partial charge in [0, 0.05) is 22.3 Å². The molecule has 1 aliphatic rings. The number of para-hydroxylation sites is 2. The number of rotatable bonds is 6. The number of carbonyl (C=O) groups is 1. The molecule has 3 atom stereocenters. The van der Waals surface area contributed by atoms with E-state index in [4.69, 9.17) is 4.74 Å². The normalized spacial score (nSPS) is 20.1. The van der Waals surface area contributed by atoms with E-state index in [0.29, 0.717) is 6.61 Å². The predicted molar refractivity (Wildman–Crippen MR) is 104 cm³/mol. The molecule has 2 heterocycles. The van der Waals surface area contributed by atoms with Crippen LogP contribution in [0.5, 0.6) is 5.06 Å². The fraction of sp³-hybridized carbons (Fsp3) is 0.400. The number of ether oxygens (including phenoxy) is 1. The number of carbonyl (C=O) groups excluding carboxylic acids is 1. The van der Waals surface area contributed by atoms with E-state index in [2.05, 4.69) is 21.4 Å². The lowest BCUT2D eigenvalue weighted by Gasteiger charge is -2.12. The van der Waals surface area contributed by atoms with Crippen molar-refractivity contribution in [3.05, 3.63) is 46.6 Å². The number of aryl methyl sites for hydroxylation is 1. The van der Waals surface area contributed by atoms with Crippen molar-refractivity contribution in [1.82, 2.24) is 15.3 Å². The van der Waals surface area contributed by atoms with Crippen molar-refractivity contribution < 1.29 is 9.53 Å². The number of nitrogens with one attached hydrogen (secondary N) is 2. The third-order valence-electron chi connectivity index (χ3n) is 4.84. The fourth-order valence-corrected chi connectivity index (χ4v) is 4.39. The molecule has 0 radical (unpaired) electrons. The van der Waals surface area contributed by atoms with Crippen molar-refractivity contribution >= 4 is 28.3 Å². The minimum atomic E-state index is -0.0164. The van der Waals surface area contributed by atoms with E-state index in [1.807, 2.05) is 45.0 Å². The van der Waals surface area contributed by atoms with E-state index in [-0.39, 0.29) is 23.8 Å². The molecular weight excluding hydrogens is 346 g/mol. The Morgan fingerprint density at radius 3 is 3.04 bits per heavy atom. The Hall–Kier alpha value is -2.34. The van der Waals surface area contributed by atoms with Gasteiger partial charge in [-0.25, -0.2) is 4.98 Å². The summed E-state index contributed by atoms with van der Waals surface area (Å²) in [6, 6.07) is 10.1. The van der Waals surface area contributed by atoms with Crippen molar-refractivity contribution in [3.8, 4) is 5.06 Å². The number of benzene rings is 1. The second-order valence-corrected chi connectivity index (χ2v) is 7.92. The lowest BCUT2D eigenvalue weighted by Crippen LogP contribution is -2.28. The van der Waals surface area contributed by atoms with Gasteiger partial charge in [-0.05, 0) is 45.4 Å². The van der Waals surface area contributed by atoms with E-state index in [9.17, 15) is 4.79 Å². The Morgan fingerprint density at radius 2 is 2.27 bits per heavy atom. The van der Waals surface area contributed by atoms with E-state index in [1.165, 1.54) is 0 Å². The Labute approximate surface area is 156 Å². The number of nitrogens with zero attached hydrogens (tertiary/aromatic N) is 1. The second-order valence-electron chi connectivity index (χ2n) is 6.87. The van der Waals surface area contributed by atoms with Crippen LogP contribution in [0.4, 0.5) is 0 Å². The van der Waals surface area contributed by atoms with Crippen LogP contribution >= 0.6 is 11.3 Å². The molecule has 0 spiro atoms. The number of H-pyrrole nitrogens is 1. The first kappa shape index (κ1) is 17.1. The zero-order valence-electron chi connectivity index (χ0n) is 15.2. The van der Waals surface area contributed by atoms with E-state index in [1.54, 1.807) is 11.3 Å². The van der Waals surface area contributed by atoms with Crippen molar-refractivity contribution in [2.45, 2.75) is 39.2 Å². The highest BCUT2D eigenvalue weighted by Crippen LogP contribution is 2.47. The maximum atomic E-state index is 12.6. The van der Waals surface area contributed by atoms with Gasteiger partial charge in [0.2, 0.25) is 5.91 Å². The molecule has 1 fully saturated rings. The molecule has 6 heteroatoms. The summed E-state index contributed by atoms with van der Waals surface area (Å²) < 4.78 is 5.63. The Morgan fingerprint density at radius 1 is 1.46 bits per heavy atom. The number of hydrogen-bond acceptors (Lipinski definition) is 4. The molecule has 2 N–H and O–H groups in total. The summed E-state index contributed by atoms with van der Waals surface area (Å²) in [4.78, 5) is 21.7. The first-order chi connectivity index (χ1) is 12.6. The molecule has 4 rings (SSSR count). The lowest BCUT2D eigenvalue weighted by molar-refractivity contribution is -0.123. The quantitative estimate of drug-likeness (QED) is 0.680. The topological polar surface area (TPSA) is 67.0 Å². The predicted octanol–water partition coefficient (Wildman–Crippen LogP) is 4.31. The molecule has 26 heavy (non-hydrogen) atoms. The van der Waals surface area contributed by atoms with Gasteiger partial charge in [-0.15, -0.1) is 11.3 Å². The number of imidazole rings is 1. The van der Waals surface area contributed by atoms with Crippen LogP contribution in [-0.4, -0.2) is 22.5 Å². The van der Waals surface area contributed by atoms with Crippen molar-refractivity contribution in [1.29, 1.82) is 0 Å². The largest absolute Gasteiger partial charge is 0.484 e. The number of fused-ring (bicyclic) bond motifs is 1. The van der Waals surface area contributed by atoms with Crippen molar-refractivity contribution in [2.24, 2.45) is 5.92 Å². The summed E-state index contributed by atoms with van der Waals surface area (Å²) in [5, 5.41) is 4.09. The molecule has 0 bridgehead atoms. The van der Waals surface area contributed by atoms with Crippen LogP contribution in [0.25, 0.3) is 11.0 Å². The van der Waals surface area contributed by atoms with Gasteiger partial charge in [0.1, 0.15) is 5.82 Å². The molecule has 0 saturated heterocycles. The molecule has 2 unspecified atom stereocenters. The zero-order chi connectivity index (χ0) is 18.3. The molecule has 136 valence electrons. The maximum Gasteiger partial charge on any atom is 0.224 e. The highest BCUT2D eigenvalue weighted by molar-refractivity contribution is 7.14. The number of thiophene rings is 1. The average Bonchev–Trinajstić information content (AvgIpc) is 3.18. The number of hydrogen-bond donors (Lipinski definition) is 2. The smallest absolute Gasteiger partial charge is 0.224 e. The molecule has 1 aliphatic carbocycles. The molecule has 1 saturated carbocycles. The Bertz CT molecular complexity index is 913. The summed E-state index contributed by atoms with van der Waals surface area (Å²) in [5.41, 5.74) is 3.11. The number of aromatic nitrogens is 2. The monoisotopic (exact) mass is 369 g/mol. The van der Waals surface area contributed by atoms with Crippen molar-refractivity contribution in [2.75, 3.05) is 6.61 Å². The molecule has 2 aromatic heterocycles. The zero-order valence-corrected chi connectivity index (χ0v) is 16.0. The summed E-state index contributed by atoms with van der Waals surface area (Å²) in [6.45, 7) is 6.70. The Kier molecular flexibility index (Phi) is 4.44. The van der Waals surface area contributed by atoms with Crippen LogP contribution in [0.15, 0.2) is 30.3 Å². The van der Waals surface area contributed by atoms with Gasteiger partial charge in [-0.3, -0.25) is 4.79 Å². The first-order valence-corrected chi connectivity index (χ1v) is 9.86. The van der Waals surface area contributed by atoms with Crippen LogP contribution in [-0.2, 0) is 4.79 Å². The summed E-state index contributed by atoms with van der Waals surface area (Å²) >= 11 is 1.61. The molecular formula is C20H23N3O2S. The van der Waals surface area contributed by atoms with Gasteiger partial charge in [0.05, 0.1) is 23.7 Å². The second kappa shape index (κ2) is 6.76. The lowest BCUT2D eigenvalue weighted by atomic mass is 10.2. The fourth-order valence-electron chi connectivity index (χ4n) is 3.30. The van der Waals surface area contributed by atoms with Crippen LogP contribution in [0.3, 0.4) is 0 Å². The van der Waals surface area contributed by atoms with Gasteiger partial charge in [0.15, 0.2) is 5.06 Å². The highest BCUT2D eigenvalue weighted by atomic mass is 32.1. The first-order valence-electron chi connectivity index (χ1n) is 9.05. The molecule has 1 amide bonds. The molecule has 0 aliphatic heterocycles. The van der Waals surface area contributed by atoms with Gasteiger partial charge >= 0.3 is 0 Å². The summed E-state index contributed by atoms with van der Waals surface area (Å²) in [7, 11) is 0. The molecule has 5 nitrogen and oxygen atoms in total. The maximum absolute atomic E-state index is 12.6. The average molecular weight is 369 g/mol. The van der Waals surface area contributed by atoms with E-state index >= 15 is 0 Å². The van der Waals surface area contributed by atoms with Crippen molar-refractivity contribution in [3.63, 3.8) is 0 Å². The summed E-state index contributed by atoms with van der Waals surface area (Å²) in [6.07, 6.45) is 0.853. The SMILES string of the molecule is CCOc1sc([C@@H](C)NC(=O)C2CC2c2nc3ccccc3[nH]2)cc1C. The third-order valence-corrected chi connectivity index (χ3v) is 6.17. The van der Waals surface area contributed by atoms with E-state index < -0.39 is 0 Å². The van der Waals surface area contributed by atoms with Crippen LogP contribution in [0, 0.1) is 12.8 Å². The molecule has 3 aromatic rings. The van der Waals surface area contributed by atoms with Gasteiger partial charge in [-0.1, -0.05) is 12.1 Å². The number of aromatic amines is 1. The number of amides is 1. The summed E-state index contributed by atoms with van der Waals surface area (Å²) in [5.74, 6) is 1.22. The van der Waals surface area contributed by atoms with Gasteiger partial charge < -0.3 is 15.0 Å². The van der Waals surface area contributed by atoms with E-state index in [0.717, 1.165) is 38.8 Å². The Balaban J connectivity index is 1.40.